The van der Waals surface area contributed by atoms with Crippen LogP contribution in [0.4, 0.5) is 10.8 Å². The highest BCUT2D eigenvalue weighted by atomic mass is 32.2. The number of hydrogen-bond acceptors (Lipinski definition) is 4. The summed E-state index contributed by atoms with van der Waals surface area (Å²) in [6, 6.07) is 17.0. The quantitative estimate of drug-likeness (QED) is 0.443. The lowest BCUT2D eigenvalue weighted by Gasteiger charge is -2.24. The van der Waals surface area contributed by atoms with Crippen LogP contribution in [0, 0.1) is 0 Å². The summed E-state index contributed by atoms with van der Waals surface area (Å²) in [6.45, 7) is 3.73. The Bertz CT molecular complexity index is 981. The monoisotopic (exact) mass is 422 g/mol. The fraction of sp³-hybridized carbons (Fsp3) is 0.333. The molecule has 1 atom stereocenters. The molecule has 0 fully saturated rings. The fourth-order valence-electron chi connectivity index (χ4n) is 3.84. The fourth-order valence-corrected chi connectivity index (χ4v) is 6.10. The SMILES string of the molecule is CCc1ccc(N(C(C)=O)c2nc(CSC3CCCc4ccccc43)cs2)cc1. The van der Waals surface area contributed by atoms with Crippen LogP contribution in [-0.2, 0) is 23.4 Å². The van der Waals surface area contributed by atoms with E-state index in [1.54, 1.807) is 23.2 Å². The van der Waals surface area contributed by atoms with Crippen LogP contribution >= 0.6 is 23.1 Å². The number of hydrogen-bond donors (Lipinski definition) is 0. The summed E-state index contributed by atoms with van der Waals surface area (Å²) in [5.74, 6) is 0.861. The van der Waals surface area contributed by atoms with E-state index in [1.807, 2.05) is 23.9 Å². The second kappa shape index (κ2) is 9.14. The van der Waals surface area contributed by atoms with Crippen LogP contribution < -0.4 is 4.90 Å². The Hall–Kier alpha value is -2.11. The maximum Gasteiger partial charge on any atom is 0.230 e. The number of carbonyl (C=O) groups excluding carboxylic acids is 1. The Balaban J connectivity index is 1.48. The van der Waals surface area contributed by atoms with Crippen LogP contribution in [0.15, 0.2) is 53.9 Å². The maximum atomic E-state index is 12.3. The number of aryl methyl sites for hydroxylation is 2. The molecule has 1 aromatic heterocycles. The number of fused-ring (bicyclic) bond motifs is 1. The van der Waals surface area contributed by atoms with Gasteiger partial charge in [-0.2, -0.15) is 0 Å². The molecule has 2 aromatic carbocycles. The van der Waals surface area contributed by atoms with Gasteiger partial charge >= 0.3 is 0 Å². The molecule has 0 saturated carbocycles. The van der Waals surface area contributed by atoms with Crippen molar-refractivity contribution in [2.45, 2.75) is 50.5 Å². The number of benzene rings is 2. The number of thioether (sulfide) groups is 1. The Morgan fingerprint density at radius 3 is 2.76 bits per heavy atom. The molecule has 0 radical (unpaired) electrons. The van der Waals surface area contributed by atoms with Crippen molar-refractivity contribution in [1.29, 1.82) is 0 Å². The molecular formula is C24H26N2OS2. The van der Waals surface area contributed by atoms with Gasteiger partial charge in [-0.3, -0.25) is 9.69 Å². The molecule has 1 heterocycles. The molecule has 0 N–H and O–H groups in total. The van der Waals surface area contributed by atoms with Crippen molar-refractivity contribution >= 4 is 39.8 Å². The van der Waals surface area contributed by atoms with Crippen LogP contribution in [0.25, 0.3) is 0 Å². The number of carbonyl (C=O) groups is 1. The van der Waals surface area contributed by atoms with Crippen molar-refractivity contribution in [2.24, 2.45) is 0 Å². The van der Waals surface area contributed by atoms with Crippen LogP contribution in [-0.4, -0.2) is 10.9 Å². The van der Waals surface area contributed by atoms with E-state index in [4.69, 9.17) is 4.98 Å². The Labute approximate surface area is 181 Å². The van der Waals surface area contributed by atoms with Gasteiger partial charge in [0, 0.05) is 23.3 Å². The molecule has 1 aliphatic rings. The minimum absolute atomic E-state index is 0.0102. The molecule has 1 unspecified atom stereocenters. The van der Waals surface area contributed by atoms with Gasteiger partial charge in [0.25, 0.3) is 0 Å². The van der Waals surface area contributed by atoms with Gasteiger partial charge in [0.2, 0.25) is 5.91 Å². The van der Waals surface area contributed by atoms with E-state index in [2.05, 4.69) is 48.7 Å². The van der Waals surface area contributed by atoms with E-state index in [-0.39, 0.29) is 5.91 Å². The lowest BCUT2D eigenvalue weighted by molar-refractivity contribution is -0.115. The molecule has 0 saturated heterocycles. The zero-order valence-corrected chi connectivity index (χ0v) is 18.6. The third kappa shape index (κ3) is 4.57. The number of nitrogens with zero attached hydrogens (tertiary/aromatic N) is 2. The normalized spacial score (nSPS) is 15.7. The van der Waals surface area contributed by atoms with Crippen LogP contribution in [0.5, 0.6) is 0 Å². The topological polar surface area (TPSA) is 33.2 Å². The summed E-state index contributed by atoms with van der Waals surface area (Å²) in [7, 11) is 0. The van der Waals surface area contributed by atoms with Gasteiger partial charge in [0.1, 0.15) is 0 Å². The number of anilines is 2. The summed E-state index contributed by atoms with van der Waals surface area (Å²) in [5.41, 5.74) is 6.18. The molecule has 4 rings (SSSR count). The summed E-state index contributed by atoms with van der Waals surface area (Å²) < 4.78 is 0. The second-order valence-electron chi connectivity index (χ2n) is 7.39. The van der Waals surface area contributed by atoms with E-state index in [0.29, 0.717) is 5.25 Å². The largest absolute Gasteiger partial charge is 0.274 e. The summed E-state index contributed by atoms with van der Waals surface area (Å²) >= 11 is 3.51. The molecule has 29 heavy (non-hydrogen) atoms. The molecule has 0 bridgehead atoms. The molecule has 1 aliphatic carbocycles. The molecule has 3 nitrogen and oxygen atoms in total. The van der Waals surface area contributed by atoms with E-state index in [1.165, 1.54) is 36.0 Å². The first-order valence-electron chi connectivity index (χ1n) is 10.2. The van der Waals surface area contributed by atoms with Gasteiger partial charge in [-0.1, -0.05) is 43.3 Å². The van der Waals surface area contributed by atoms with E-state index in [9.17, 15) is 4.79 Å². The van der Waals surface area contributed by atoms with Crippen LogP contribution in [0.3, 0.4) is 0 Å². The average molecular weight is 423 g/mol. The van der Waals surface area contributed by atoms with Crippen LogP contribution in [0.1, 0.15) is 54.3 Å². The molecule has 5 heteroatoms. The third-order valence-electron chi connectivity index (χ3n) is 5.40. The predicted molar refractivity (Wildman–Crippen MR) is 124 cm³/mol. The number of aromatic nitrogens is 1. The Kier molecular flexibility index (Phi) is 6.36. The molecule has 0 spiro atoms. The van der Waals surface area contributed by atoms with Crippen LogP contribution in [0.2, 0.25) is 0 Å². The predicted octanol–water partition coefficient (Wildman–Crippen LogP) is 6.70. The standard InChI is InChI=1S/C24H26N2OS2/c1-3-18-11-13-21(14-12-18)26(17(2)27)24-25-20(16-29-24)15-28-23-10-6-8-19-7-4-5-9-22(19)23/h4-5,7,9,11-14,16,23H,3,6,8,10,15H2,1-2H3. The van der Waals surface area contributed by atoms with Gasteiger partial charge in [0.15, 0.2) is 5.13 Å². The average Bonchev–Trinajstić information content (AvgIpc) is 3.21. The van der Waals surface area contributed by atoms with Crippen molar-refractivity contribution in [3.8, 4) is 0 Å². The van der Waals surface area contributed by atoms with Crippen molar-refractivity contribution in [3.05, 3.63) is 76.3 Å². The summed E-state index contributed by atoms with van der Waals surface area (Å²) in [6.07, 6.45) is 4.66. The highest BCUT2D eigenvalue weighted by Crippen LogP contribution is 2.41. The molecule has 1 amide bonds. The Morgan fingerprint density at radius 1 is 1.21 bits per heavy atom. The highest BCUT2D eigenvalue weighted by molar-refractivity contribution is 7.98. The summed E-state index contributed by atoms with van der Waals surface area (Å²) in [4.78, 5) is 18.8. The minimum atomic E-state index is -0.0102. The Morgan fingerprint density at radius 2 is 2.00 bits per heavy atom. The first-order chi connectivity index (χ1) is 14.2. The second-order valence-corrected chi connectivity index (χ2v) is 9.41. The minimum Gasteiger partial charge on any atom is -0.274 e. The molecular weight excluding hydrogens is 396 g/mol. The first kappa shape index (κ1) is 20.2. The van der Waals surface area contributed by atoms with E-state index in [0.717, 1.165) is 28.7 Å². The van der Waals surface area contributed by atoms with Gasteiger partial charge in [-0.05, 0) is 54.5 Å². The van der Waals surface area contributed by atoms with Gasteiger partial charge < -0.3 is 0 Å². The van der Waals surface area contributed by atoms with Crippen molar-refractivity contribution < 1.29 is 4.79 Å². The first-order valence-corrected chi connectivity index (χ1v) is 12.1. The van der Waals surface area contributed by atoms with Gasteiger partial charge in [-0.15, -0.1) is 23.1 Å². The number of amides is 1. The summed E-state index contributed by atoms with van der Waals surface area (Å²) in [5, 5.41) is 3.38. The lowest BCUT2D eigenvalue weighted by atomic mass is 9.91. The maximum absolute atomic E-state index is 12.3. The van der Waals surface area contributed by atoms with Gasteiger partial charge in [-0.25, -0.2) is 4.98 Å². The van der Waals surface area contributed by atoms with Crippen molar-refractivity contribution in [2.75, 3.05) is 4.90 Å². The van der Waals surface area contributed by atoms with Crippen molar-refractivity contribution in [1.82, 2.24) is 4.98 Å². The molecule has 3 aromatic rings. The lowest BCUT2D eigenvalue weighted by Crippen LogP contribution is -2.22. The molecule has 0 aliphatic heterocycles. The zero-order valence-electron chi connectivity index (χ0n) is 16.9. The third-order valence-corrected chi connectivity index (χ3v) is 7.62. The number of thiazole rings is 1. The molecule has 150 valence electrons. The van der Waals surface area contributed by atoms with Gasteiger partial charge in [0.05, 0.1) is 11.4 Å². The number of rotatable bonds is 6. The van der Waals surface area contributed by atoms with E-state index < -0.39 is 0 Å². The van der Waals surface area contributed by atoms with Crippen molar-refractivity contribution in [3.63, 3.8) is 0 Å². The zero-order chi connectivity index (χ0) is 20.2. The van der Waals surface area contributed by atoms with E-state index >= 15 is 0 Å². The highest BCUT2D eigenvalue weighted by Gasteiger charge is 2.22. The smallest absolute Gasteiger partial charge is 0.230 e.